The highest BCUT2D eigenvalue weighted by molar-refractivity contribution is 5.95. The van der Waals surface area contributed by atoms with Crippen LogP contribution in [0.25, 0.3) is 0 Å². The summed E-state index contributed by atoms with van der Waals surface area (Å²) in [6.07, 6.45) is 6.59. The van der Waals surface area contributed by atoms with Crippen molar-refractivity contribution in [1.29, 1.82) is 0 Å². The predicted molar refractivity (Wildman–Crippen MR) is 117 cm³/mol. The van der Waals surface area contributed by atoms with E-state index in [4.69, 9.17) is 9.15 Å². The van der Waals surface area contributed by atoms with Gasteiger partial charge in [-0.1, -0.05) is 19.4 Å². The van der Waals surface area contributed by atoms with Crippen LogP contribution in [0.15, 0.2) is 34.5 Å². The van der Waals surface area contributed by atoms with E-state index < -0.39 is 35.5 Å². The van der Waals surface area contributed by atoms with Crippen LogP contribution in [0.5, 0.6) is 0 Å². The van der Waals surface area contributed by atoms with Crippen molar-refractivity contribution in [2.24, 2.45) is 28.6 Å². The summed E-state index contributed by atoms with van der Waals surface area (Å²) in [5.41, 5.74) is -1.42. The van der Waals surface area contributed by atoms with Crippen LogP contribution in [0.2, 0.25) is 0 Å². The van der Waals surface area contributed by atoms with Crippen LogP contribution in [0.3, 0.4) is 0 Å². The lowest BCUT2D eigenvalue weighted by Crippen LogP contribution is -2.63. The molecule has 4 aliphatic rings. The molecule has 1 heterocycles. The number of esters is 1. The van der Waals surface area contributed by atoms with Gasteiger partial charge in [-0.2, -0.15) is 0 Å². The summed E-state index contributed by atoms with van der Waals surface area (Å²) in [5.74, 6) is -0.894. The third kappa shape index (κ3) is 3.04. The molecule has 178 valence electrons. The van der Waals surface area contributed by atoms with E-state index in [1.54, 1.807) is 12.1 Å². The summed E-state index contributed by atoms with van der Waals surface area (Å²) in [6, 6.07) is 3.06. The number of carbonyl (C=O) groups is 3. The zero-order valence-electron chi connectivity index (χ0n) is 19.2. The van der Waals surface area contributed by atoms with E-state index in [2.05, 4.69) is 6.92 Å². The van der Waals surface area contributed by atoms with Gasteiger partial charge in [-0.15, -0.1) is 0 Å². The number of ketones is 2. The van der Waals surface area contributed by atoms with Gasteiger partial charge in [0.15, 0.2) is 11.4 Å². The Balaban J connectivity index is 1.53. The first-order chi connectivity index (χ1) is 15.7. The molecule has 0 amide bonds. The van der Waals surface area contributed by atoms with Crippen LogP contribution < -0.4 is 0 Å². The Morgan fingerprint density at radius 2 is 2.00 bits per heavy atom. The average Bonchev–Trinajstić information content (AvgIpc) is 3.41. The number of hydrogen-bond donors (Lipinski definition) is 2. The first kappa shape index (κ1) is 22.5. The summed E-state index contributed by atoms with van der Waals surface area (Å²) >= 11 is 0. The smallest absolute Gasteiger partial charge is 0.375 e. The molecular formula is C26H32O7. The fourth-order valence-corrected chi connectivity index (χ4v) is 8.09. The number of aliphatic hydroxyl groups excluding tert-OH is 2. The zero-order chi connectivity index (χ0) is 23.6. The van der Waals surface area contributed by atoms with Crippen molar-refractivity contribution in [3.8, 4) is 0 Å². The third-order valence-corrected chi connectivity index (χ3v) is 9.60. The van der Waals surface area contributed by atoms with Crippen LogP contribution in [-0.2, 0) is 14.3 Å². The number of aliphatic hydroxyl groups is 2. The van der Waals surface area contributed by atoms with Crippen molar-refractivity contribution < 1.29 is 33.8 Å². The van der Waals surface area contributed by atoms with Crippen LogP contribution in [0.4, 0.5) is 0 Å². The zero-order valence-corrected chi connectivity index (χ0v) is 19.2. The molecule has 7 heteroatoms. The maximum atomic E-state index is 13.2. The molecule has 3 saturated carbocycles. The fourth-order valence-electron chi connectivity index (χ4n) is 8.09. The summed E-state index contributed by atoms with van der Waals surface area (Å²) in [6.45, 7) is 3.38. The van der Waals surface area contributed by atoms with Crippen LogP contribution in [0.1, 0.15) is 69.3 Å². The monoisotopic (exact) mass is 456 g/mol. The second kappa shape index (κ2) is 7.64. The maximum Gasteiger partial charge on any atom is 0.375 e. The standard InChI is InChI=1S/C26H32O7/c1-24-9-7-16(28)12-15(24)5-6-17-18-8-10-26(21(30)14-27,25(18,2)13-19(29)22(17)24)33-23(31)20-4-3-11-32-20/h3-4,11-12,17-19,22,27,29H,5-10,13-14H2,1-2H3/t17?,18?,19-,22?,24-,25-,26-/m0/s1. The molecule has 4 aliphatic carbocycles. The second-order valence-electron chi connectivity index (χ2n) is 10.9. The van der Waals surface area contributed by atoms with Gasteiger partial charge in [-0.3, -0.25) is 9.59 Å². The quantitative estimate of drug-likeness (QED) is 0.669. The number of allylic oxidation sites excluding steroid dienone is 1. The van der Waals surface area contributed by atoms with Crippen molar-refractivity contribution in [2.75, 3.05) is 6.61 Å². The molecule has 7 nitrogen and oxygen atoms in total. The molecule has 3 fully saturated rings. The van der Waals surface area contributed by atoms with Crippen molar-refractivity contribution in [2.45, 2.75) is 70.5 Å². The Hall–Kier alpha value is -2.25. The van der Waals surface area contributed by atoms with Gasteiger partial charge in [-0.25, -0.2) is 4.79 Å². The molecule has 0 saturated heterocycles. The Morgan fingerprint density at radius 1 is 1.21 bits per heavy atom. The molecule has 0 aromatic carbocycles. The van der Waals surface area contributed by atoms with Crippen molar-refractivity contribution >= 4 is 17.5 Å². The van der Waals surface area contributed by atoms with Crippen LogP contribution in [-0.4, -0.2) is 46.1 Å². The third-order valence-electron chi connectivity index (χ3n) is 9.60. The number of hydrogen-bond acceptors (Lipinski definition) is 7. The molecule has 0 bridgehead atoms. The first-order valence-electron chi connectivity index (χ1n) is 12.0. The van der Waals surface area contributed by atoms with Gasteiger partial charge >= 0.3 is 5.97 Å². The van der Waals surface area contributed by atoms with Crippen molar-refractivity contribution in [3.63, 3.8) is 0 Å². The Labute approximate surface area is 193 Å². The van der Waals surface area contributed by atoms with Gasteiger partial charge < -0.3 is 19.4 Å². The largest absolute Gasteiger partial charge is 0.457 e. The Morgan fingerprint density at radius 3 is 2.70 bits per heavy atom. The lowest BCUT2D eigenvalue weighted by Gasteiger charge is -2.60. The van der Waals surface area contributed by atoms with Crippen LogP contribution in [0, 0.1) is 28.6 Å². The summed E-state index contributed by atoms with van der Waals surface area (Å²) in [4.78, 5) is 38.2. The minimum Gasteiger partial charge on any atom is -0.457 e. The SMILES string of the molecule is C[C@]12CCC(=O)C=C1CCC1C2[C@@H](O)C[C@@]2(C)C1CC[C@]2(OC(=O)c1ccco1)C(=O)CO. The van der Waals surface area contributed by atoms with Crippen molar-refractivity contribution in [3.05, 3.63) is 35.8 Å². The van der Waals surface area contributed by atoms with Gasteiger partial charge in [0.2, 0.25) is 11.5 Å². The van der Waals surface area contributed by atoms with Crippen molar-refractivity contribution in [1.82, 2.24) is 0 Å². The molecule has 3 unspecified atom stereocenters. The van der Waals surface area contributed by atoms with E-state index >= 15 is 0 Å². The Kier molecular flexibility index (Phi) is 5.21. The van der Waals surface area contributed by atoms with Gasteiger partial charge in [0.25, 0.3) is 0 Å². The number of ether oxygens (including phenoxy) is 1. The molecule has 1 aromatic heterocycles. The maximum absolute atomic E-state index is 13.2. The average molecular weight is 457 g/mol. The lowest BCUT2D eigenvalue weighted by atomic mass is 9.45. The molecular weight excluding hydrogens is 424 g/mol. The van der Waals surface area contributed by atoms with E-state index in [1.807, 2.05) is 6.92 Å². The van der Waals surface area contributed by atoms with E-state index in [-0.39, 0.29) is 34.7 Å². The molecule has 5 rings (SSSR count). The predicted octanol–water partition coefficient (Wildman–Crippen LogP) is 3.24. The fraction of sp³-hybridized carbons (Fsp3) is 0.654. The highest BCUT2D eigenvalue weighted by atomic mass is 16.6. The molecule has 7 atom stereocenters. The minimum atomic E-state index is -1.51. The molecule has 0 spiro atoms. The number of fused-ring (bicyclic) bond motifs is 5. The summed E-state index contributed by atoms with van der Waals surface area (Å²) < 4.78 is 11.1. The van der Waals surface area contributed by atoms with E-state index in [0.717, 1.165) is 24.8 Å². The topological polar surface area (TPSA) is 114 Å². The highest BCUT2D eigenvalue weighted by Gasteiger charge is 2.70. The van der Waals surface area contributed by atoms with Gasteiger partial charge in [0.1, 0.15) is 6.61 Å². The first-order valence-corrected chi connectivity index (χ1v) is 12.0. The number of furan rings is 1. The van der Waals surface area contributed by atoms with Gasteiger partial charge in [-0.05, 0) is 79.9 Å². The summed E-state index contributed by atoms with van der Waals surface area (Å²) in [7, 11) is 0. The molecule has 2 N–H and O–H groups in total. The van der Waals surface area contributed by atoms with Crippen LogP contribution >= 0.6 is 0 Å². The molecule has 1 aromatic rings. The molecule has 33 heavy (non-hydrogen) atoms. The Bertz CT molecular complexity index is 1010. The number of rotatable bonds is 4. The second-order valence-corrected chi connectivity index (χ2v) is 10.9. The lowest BCUT2D eigenvalue weighted by molar-refractivity contribution is -0.183. The van der Waals surface area contributed by atoms with E-state index in [1.165, 1.54) is 12.3 Å². The summed E-state index contributed by atoms with van der Waals surface area (Å²) in [5, 5.41) is 21.4. The number of carbonyl (C=O) groups excluding carboxylic acids is 3. The van der Waals surface area contributed by atoms with Gasteiger partial charge in [0.05, 0.1) is 12.4 Å². The normalized spacial score (nSPS) is 42.1. The van der Waals surface area contributed by atoms with Gasteiger partial charge in [0, 0.05) is 11.8 Å². The van der Waals surface area contributed by atoms with E-state index in [9.17, 15) is 24.6 Å². The molecule has 0 aliphatic heterocycles. The van der Waals surface area contributed by atoms with E-state index in [0.29, 0.717) is 25.7 Å². The minimum absolute atomic E-state index is 0.00762. The molecule has 0 radical (unpaired) electrons. The highest BCUT2D eigenvalue weighted by Crippen LogP contribution is 2.68. The number of Topliss-reactive ketones (excluding diaryl/α,β-unsaturated/α-hetero) is 1.